The summed E-state index contributed by atoms with van der Waals surface area (Å²) < 4.78 is 0. The molecule has 0 aliphatic heterocycles. The summed E-state index contributed by atoms with van der Waals surface area (Å²) in [6.07, 6.45) is 0. The first-order chi connectivity index (χ1) is 13.0. The van der Waals surface area contributed by atoms with Crippen molar-refractivity contribution < 1.29 is 9.59 Å². The molecule has 0 saturated carbocycles. The molecule has 0 aromatic heterocycles. The van der Waals surface area contributed by atoms with Crippen molar-refractivity contribution in [3.8, 4) is 0 Å². The van der Waals surface area contributed by atoms with E-state index in [1.165, 1.54) is 11.8 Å². The number of carbonyl (C=O) groups excluding carboxylic acids is 2. The van der Waals surface area contributed by atoms with Crippen molar-refractivity contribution in [2.24, 2.45) is 0 Å². The van der Waals surface area contributed by atoms with Crippen LogP contribution in [0.1, 0.15) is 11.1 Å². The van der Waals surface area contributed by atoms with Gasteiger partial charge in [-0.3, -0.25) is 9.59 Å². The number of amides is 2. The summed E-state index contributed by atoms with van der Waals surface area (Å²) in [6.45, 7) is 3.96. The van der Waals surface area contributed by atoms with Gasteiger partial charge in [0.2, 0.25) is 0 Å². The van der Waals surface area contributed by atoms with Crippen molar-refractivity contribution in [2.75, 3.05) is 10.6 Å². The lowest BCUT2D eigenvalue weighted by atomic mass is 10.1. The predicted molar refractivity (Wildman–Crippen MR) is 110 cm³/mol. The lowest BCUT2D eigenvalue weighted by Crippen LogP contribution is -2.29. The largest absolute Gasteiger partial charge is 0.318 e. The van der Waals surface area contributed by atoms with E-state index in [0.717, 1.165) is 20.9 Å². The molecular formula is C22H20N2O2S. The van der Waals surface area contributed by atoms with Gasteiger partial charge in [-0.2, -0.15) is 0 Å². The molecule has 0 heterocycles. The molecule has 5 heteroatoms. The molecule has 27 heavy (non-hydrogen) atoms. The van der Waals surface area contributed by atoms with Crippen LogP contribution in [-0.4, -0.2) is 11.8 Å². The summed E-state index contributed by atoms with van der Waals surface area (Å²) in [7, 11) is 0. The molecule has 2 amide bonds. The van der Waals surface area contributed by atoms with E-state index in [1.807, 2.05) is 74.5 Å². The van der Waals surface area contributed by atoms with Crippen molar-refractivity contribution in [2.45, 2.75) is 23.6 Å². The van der Waals surface area contributed by atoms with Gasteiger partial charge < -0.3 is 10.6 Å². The Balaban J connectivity index is 1.70. The normalized spacial score (nSPS) is 10.3. The van der Waals surface area contributed by atoms with Gasteiger partial charge in [-0.1, -0.05) is 48.2 Å². The number of aryl methyl sites for hydroxylation is 2. The third-order valence-electron chi connectivity index (χ3n) is 4.08. The van der Waals surface area contributed by atoms with E-state index in [2.05, 4.69) is 10.6 Å². The van der Waals surface area contributed by atoms with Crippen LogP contribution in [0.15, 0.2) is 82.6 Å². The molecule has 0 bridgehead atoms. The molecule has 0 aliphatic rings. The van der Waals surface area contributed by atoms with E-state index in [0.29, 0.717) is 11.4 Å². The Morgan fingerprint density at radius 1 is 0.741 bits per heavy atom. The minimum atomic E-state index is -0.700. The van der Waals surface area contributed by atoms with Crippen LogP contribution in [0.5, 0.6) is 0 Å². The highest BCUT2D eigenvalue weighted by atomic mass is 32.2. The number of hydrogen-bond acceptors (Lipinski definition) is 3. The van der Waals surface area contributed by atoms with Gasteiger partial charge in [0.1, 0.15) is 0 Å². The monoisotopic (exact) mass is 376 g/mol. The topological polar surface area (TPSA) is 58.2 Å². The first kappa shape index (κ1) is 18.7. The van der Waals surface area contributed by atoms with E-state index >= 15 is 0 Å². The zero-order valence-electron chi connectivity index (χ0n) is 15.2. The minimum absolute atomic E-state index is 0.602. The summed E-state index contributed by atoms with van der Waals surface area (Å²) in [5.41, 5.74) is 3.39. The Morgan fingerprint density at radius 3 is 2.15 bits per heavy atom. The van der Waals surface area contributed by atoms with Crippen LogP contribution in [0.25, 0.3) is 0 Å². The average molecular weight is 376 g/mol. The average Bonchev–Trinajstić information content (AvgIpc) is 2.67. The Bertz CT molecular complexity index is 971. The molecule has 0 aliphatic carbocycles. The Labute approximate surface area is 163 Å². The highest BCUT2D eigenvalue weighted by Crippen LogP contribution is 2.33. The van der Waals surface area contributed by atoms with Crippen molar-refractivity contribution in [1.29, 1.82) is 0 Å². The van der Waals surface area contributed by atoms with Gasteiger partial charge in [-0.15, -0.1) is 0 Å². The number of rotatable bonds is 4. The van der Waals surface area contributed by atoms with Gasteiger partial charge in [0.25, 0.3) is 0 Å². The van der Waals surface area contributed by atoms with Gasteiger partial charge in [0.15, 0.2) is 0 Å². The summed E-state index contributed by atoms with van der Waals surface area (Å²) >= 11 is 1.53. The molecule has 0 radical (unpaired) electrons. The van der Waals surface area contributed by atoms with E-state index in [9.17, 15) is 9.59 Å². The predicted octanol–water partition coefficient (Wildman–Crippen LogP) is 5.03. The maximum atomic E-state index is 12.3. The highest BCUT2D eigenvalue weighted by molar-refractivity contribution is 7.99. The standard InChI is InChI=1S/C22H20N2O2S/c1-15-12-13-17(14-16(15)2)23-21(25)22(26)24-19-10-6-7-11-20(19)27-18-8-4-3-5-9-18/h3-14H,1-2H3,(H,23,25)(H,24,26). The Hall–Kier alpha value is -3.05. The molecule has 0 fully saturated rings. The second-order valence-electron chi connectivity index (χ2n) is 6.12. The van der Waals surface area contributed by atoms with Gasteiger partial charge in [-0.25, -0.2) is 0 Å². The molecule has 0 saturated heterocycles. The SMILES string of the molecule is Cc1ccc(NC(=O)C(=O)Nc2ccccc2Sc2ccccc2)cc1C. The summed E-state index contributed by atoms with van der Waals surface area (Å²) in [5, 5.41) is 5.35. The molecule has 4 nitrogen and oxygen atoms in total. The van der Waals surface area contributed by atoms with Gasteiger partial charge in [0, 0.05) is 15.5 Å². The lowest BCUT2D eigenvalue weighted by Gasteiger charge is -2.11. The third-order valence-corrected chi connectivity index (χ3v) is 5.16. The van der Waals surface area contributed by atoms with E-state index < -0.39 is 11.8 Å². The number of benzene rings is 3. The van der Waals surface area contributed by atoms with Gasteiger partial charge >= 0.3 is 11.8 Å². The zero-order chi connectivity index (χ0) is 19.2. The summed E-state index contributed by atoms with van der Waals surface area (Å²) in [4.78, 5) is 26.5. The molecule has 3 rings (SSSR count). The first-order valence-corrected chi connectivity index (χ1v) is 9.36. The summed E-state index contributed by atoms with van der Waals surface area (Å²) in [6, 6.07) is 22.8. The van der Waals surface area contributed by atoms with Crippen LogP contribution in [0, 0.1) is 13.8 Å². The number of nitrogens with one attached hydrogen (secondary N) is 2. The third kappa shape index (κ3) is 4.99. The van der Waals surface area contributed by atoms with E-state index in [4.69, 9.17) is 0 Å². The molecule has 0 unspecified atom stereocenters. The smallest absolute Gasteiger partial charge is 0.314 e. The Kier molecular flexibility index (Phi) is 5.94. The number of carbonyl (C=O) groups is 2. The number of anilines is 2. The summed E-state index contributed by atoms with van der Waals surface area (Å²) in [5.74, 6) is -1.40. The highest BCUT2D eigenvalue weighted by Gasteiger charge is 2.16. The first-order valence-electron chi connectivity index (χ1n) is 8.54. The lowest BCUT2D eigenvalue weighted by molar-refractivity contribution is -0.133. The zero-order valence-corrected chi connectivity index (χ0v) is 16.0. The van der Waals surface area contributed by atoms with E-state index in [1.54, 1.807) is 12.1 Å². The second kappa shape index (κ2) is 8.56. The molecule has 3 aromatic rings. The van der Waals surface area contributed by atoms with Crippen LogP contribution in [0.3, 0.4) is 0 Å². The van der Waals surface area contributed by atoms with Crippen LogP contribution in [0.2, 0.25) is 0 Å². The quantitative estimate of drug-likeness (QED) is 0.628. The van der Waals surface area contributed by atoms with Crippen molar-refractivity contribution in [3.63, 3.8) is 0 Å². The molecule has 2 N–H and O–H groups in total. The maximum absolute atomic E-state index is 12.3. The van der Waals surface area contributed by atoms with E-state index in [-0.39, 0.29) is 0 Å². The van der Waals surface area contributed by atoms with Crippen molar-refractivity contribution >= 4 is 35.0 Å². The van der Waals surface area contributed by atoms with Crippen molar-refractivity contribution in [3.05, 3.63) is 83.9 Å². The second-order valence-corrected chi connectivity index (χ2v) is 7.23. The molecule has 3 aromatic carbocycles. The maximum Gasteiger partial charge on any atom is 0.314 e. The van der Waals surface area contributed by atoms with Crippen LogP contribution < -0.4 is 10.6 Å². The van der Waals surface area contributed by atoms with Crippen molar-refractivity contribution in [1.82, 2.24) is 0 Å². The van der Waals surface area contributed by atoms with Gasteiger partial charge in [0.05, 0.1) is 5.69 Å². The molecule has 0 atom stereocenters. The number of hydrogen-bond donors (Lipinski definition) is 2. The fourth-order valence-corrected chi connectivity index (χ4v) is 3.38. The van der Waals surface area contributed by atoms with Crippen LogP contribution in [0.4, 0.5) is 11.4 Å². The fraction of sp³-hybridized carbons (Fsp3) is 0.0909. The Morgan fingerprint density at radius 2 is 1.41 bits per heavy atom. The van der Waals surface area contributed by atoms with Gasteiger partial charge in [-0.05, 0) is 61.4 Å². The van der Waals surface area contributed by atoms with Crippen LogP contribution >= 0.6 is 11.8 Å². The fourth-order valence-electron chi connectivity index (χ4n) is 2.46. The molecular weight excluding hydrogens is 356 g/mol. The molecule has 136 valence electrons. The molecule has 0 spiro atoms. The minimum Gasteiger partial charge on any atom is -0.318 e. The number of para-hydroxylation sites is 1. The van der Waals surface area contributed by atoms with Crippen LogP contribution in [-0.2, 0) is 9.59 Å².